The van der Waals surface area contributed by atoms with Gasteiger partial charge in [0.25, 0.3) is 0 Å². The molecule has 2 nitrogen and oxygen atoms in total. The Morgan fingerprint density at radius 3 is 2.12 bits per heavy atom. The largest absolute Gasteiger partial charge is 1.00 e. The molecule has 0 bridgehead atoms. The van der Waals surface area contributed by atoms with Gasteiger partial charge in [-0.05, 0) is 12.5 Å². The molecule has 1 heterocycles. The molecule has 0 fully saturated rings. The fourth-order valence-electron chi connectivity index (χ4n) is 1.06. The zero-order chi connectivity index (χ0) is 12.6. The van der Waals surface area contributed by atoms with Gasteiger partial charge in [0, 0.05) is 12.3 Å². The Morgan fingerprint density at radius 2 is 1.71 bits per heavy atom. The molecule has 0 saturated heterocycles. The maximum atomic E-state index is 12.1. The molecule has 0 spiro atoms. The van der Waals surface area contributed by atoms with Gasteiger partial charge in [0.1, 0.15) is 0 Å². The molecule has 0 saturated carbocycles. The Kier molecular flexibility index (Phi) is 6.00. The summed E-state index contributed by atoms with van der Waals surface area (Å²) in [5.74, 6) is 0. The van der Waals surface area contributed by atoms with E-state index in [4.69, 9.17) is 0 Å². The minimum Gasteiger partial charge on any atom is -0.448 e. The monoisotopic (exact) mass is 283 g/mol. The number of pyridine rings is 1. The maximum absolute atomic E-state index is 12.1. The first kappa shape index (κ1) is 17.2. The van der Waals surface area contributed by atoms with Crippen molar-refractivity contribution in [2.24, 2.45) is 0 Å². The third-order valence-corrected chi connectivity index (χ3v) is 1.71. The number of halogens is 6. The van der Waals surface area contributed by atoms with Gasteiger partial charge in [0.15, 0.2) is 0 Å². The van der Waals surface area contributed by atoms with Crippen LogP contribution in [0.25, 0.3) is 0 Å². The molecule has 0 atom stereocenters. The van der Waals surface area contributed by atoms with E-state index < -0.39 is 30.7 Å². The van der Waals surface area contributed by atoms with Crippen LogP contribution in [0.15, 0.2) is 23.1 Å². The number of rotatable bonds is 2. The topological polar surface area (TPSA) is 22.0 Å². The van der Waals surface area contributed by atoms with Crippen molar-refractivity contribution in [1.82, 2.24) is 4.57 Å². The van der Waals surface area contributed by atoms with E-state index in [-0.39, 0.29) is 62.1 Å². The van der Waals surface area contributed by atoms with E-state index in [9.17, 15) is 30.9 Å². The van der Waals surface area contributed by atoms with E-state index in [2.05, 4.69) is 0 Å². The standard InChI is InChI=1S/C7H5BF6NO.K/c9-7(10,11)5-1-2-6(16)15(3-5)4-8(12,13)14;/h1-3H,4H2;/q-1;+1. The molecule has 17 heavy (non-hydrogen) atoms. The van der Waals surface area contributed by atoms with E-state index in [0.717, 1.165) is 0 Å². The van der Waals surface area contributed by atoms with Gasteiger partial charge >= 0.3 is 64.5 Å². The molecular weight excluding hydrogens is 278 g/mol. The van der Waals surface area contributed by atoms with Crippen molar-refractivity contribution in [3.63, 3.8) is 0 Å². The van der Waals surface area contributed by atoms with Crippen molar-refractivity contribution in [3.05, 3.63) is 34.2 Å². The summed E-state index contributed by atoms with van der Waals surface area (Å²) in [6.45, 7) is -5.36. The van der Waals surface area contributed by atoms with Gasteiger partial charge in [-0.3, -0.25) is 4.79 Å². The summed E-state index contributed by atoms with van der Waals surface area (Å²) in [5, 5.41) is 0. The van der Waals surface area contributed by atoms with Gasteiger partial charge in [0.05, 0.1) is 5.56 Å². The summed E-state index contributed by atoms with van der Waals surface area (Å²) in [6, 6.07) is 0.910. The summed E-state index contributed by atoms with van der Waals surface area (Å²) in [6.07, 6.45) is -6.28. The average molecular weight is 283 g/mol. The molecule has 1 aromatic rings. The predicted octanol–water partition coefficient (Wildman–Crippen LogP) is -0.742. The molecule has 0 aromatic carbocycles. The summed E-state index contributed by atoms with van der Waals surface area (Å²) >= 11 is 0. The second kappa shape index (κ2) is 5.91. The van der Waals surface area contributed by atoms with Crippen LogP contribution in [0.4, 0.5) is 26.1 Å². The predicted molar refractivity (Wildman–Crippen MR) is 44.8 cm³/mol. The number of alkyl halides is 3. The molecule has 0 N–H and O–H groups in total. The fraction of sp³-hybridized carbons (Fsp3) is 0.286. The zero-order valence-corrected chi connectivity index (χ0v) is 11.8. The molecule has 0 aliphatic rings. The minimum absolute atomic E-state index is 0. The van der Waals surface area contributed by atoms with Crippen LogP contribution in [-0.2, 0) is 12.6 Å². The second-order valence-corrected chi connectivity index (χ2v) is 3.12. The second-order valence-electron chi connectivity index (χ2n) is 3.12. The van der Waals surface area contributed by atoms with Gasteiger partial charge in [-0.15, -0.1) is 0 Å². The van der Waals surface area contributed by atoms with Gasteiger partial charge in [-0.25, -0.2) is 0 Å². The number of aromatic nitrogens is 1. The van der Waals surface area contributed by atoms with Crippen molar-refractivity contribution in [3.8, 4) is 0 Å². The zero-order valence-electron chi connectivity index (χ0n) is 8.64. The number of nitrogens with zero attached hydrogens (tertiary/aromatic N) is 1. The van der Waals surface area contributed by atoms with Crippen molar-refractivity contribution in [2.75, 3.05) is 0 Å². The van der Waals surface area contributed by atoms with Crippen LogP contribution in [0, 0.1) is 0 Å². The summed E-state index contributed by atoms with van der Waals surface area (Å²) < 4.78 is 72.3. The molecule has 1 rings (SSSR count). The number of hydrogen-bond donors (Lipinski definition) is 0. The normalized spacial score (nSPS) is 12.1. The van der Waals surface area contributed by atoms with Gasteiger partial charge in [0.2, 0.25) is 5.56 Å². The number of hydrogen-bond acceptors (Lipinski definition) is 1. The van der Waals surface area contributed by atoms with Crippen molar-refractivity contribution in [2.45, 2.75) is 12.6 Å². The van der Waals surface area contributed by atoms with Crippen LogP contribution in [0.5, 0.6) is 0 Å². The van der Waals surface area contributed by atoms with Crippen LogP contribution in [0.1, 0.15) is 5.56 Å². The molecule has 0 unspecified atom stereocenters. The van der Waals surface area contributed by atoms with E-state index in [0.29, 0.717) is 12.1 Å². The first-order valence-corrected chi connectivity index (χ1v) is 4.08. The van der Waals surface area contributed by atoms with Gasteiger partial charge in [-0.1, -0.05) is 0 Å². The van der Waals surface area contributed by atoms with Gasteiger partial charge in [-0.2, -0.15) is 13.2 Å². The van der Waals surface area contributed by atoms with E-state index in [1.807, 2.05) is 0 Å². The van der Waals surface area contributed by atoms with Crippen molar-refractivity contribution in [1.29, 1.82) is 0 Å². The average Bonchev–Trinajstić information content (AvgIpc) is 2.04. The molecule has 1 aromatic heterocycles. The van der Waals surface area contributed by atoms with Crippen LogP contribution >= 0.6 is 0 Å². The first-order chi connectivity index (χ1) is 7.09. The van der Waals surface area contributed by atoms with Crippen LogP contribution in [0.3, 0.4) is 0 Å². The smallest absolute Gasteiger partial charge is 0.448 e. The third kappa shape index (κ3) is 5.60. The summed E-state index contributed by atoms with van der Waals surface area (Å²) in [5.41, 5.74) is -2.40. The fourth-order valence-corrected chi connectivity index (χ4v) is 1.06. The Bertz CT molecular complexity index is 439. The van der Waals surface area contributed by atoms with Crippen molar-refractivity contribution >= 4 is 6.98 Å². The first-order valence-electron chi connectivity index (χ1n) is 4.08. The van der Waals surface area contributed by atoms with Crippen LogP contribution in [-0.4, -0.2) is 11.5 Å². The van der Waals surface area contributed by atoms with E-state index >= 15 is 0 Å². The van der Waals surface area contributed by atoms with E-state index in [1.54, 1.807) is 0 Å². The SMILES string of the molecule is O=c1ccc(C(F)(F)F)cn1C[B-](F)(F)F.[K+]. The third-order valence-electron chi connectivity index (χ3n) is 1.71. The molecule has 10 heteroatoms. The maximum Gasteiger partial charge on any atom is 1.00 e. The summed E-state index contributed by atoms with van der Waals surface area (Å²) in [4.78, 5) is 10.9. The molecule has 0 radical (unpaired) electrons. The molecule has 0 aliphatic carbocycles. The molecule has 90 valence electrons. The van der Waals surface area contributed by atoms with Crippen molar-refractivity contribution < 1.29 is 77.5 Å². The Morgan fingerprint density at radius 1 is 1.18 bits per heavy atom. The van der Waals surface area contributed by atoms with Crippen LogP contribution < -0.4 is 56.9 Å². The Labute approximate surface area is 134 Å². The van der Waals surface area contributed by atoms with Crippen LogP contribution in [0.2, 0.25) is 0 Å². The van der Waals surface area contributed by atoms with E-state index in [1.165, 1.54) is 0 Å². The van der Waals surface area contributed by atoms with Gasteiger partial charge < -0.3 is 17.5 Å². The quantitative estimate of drug-likeness (QED) is 0.517. The molecule has 0 aliphatic heterocycles. The molecular formula is C7H5BF6KNO. The minimum atomic E-state index is -5.36. The molecule has 0 amide bonds. The Balaban J connectivity index is 0.00000256. The Hall–Kier alpha value is 0.231. The summed E-state index contributed by atoms with van der Waals surface area (Å²) in [7, 11) is 0.